The van der Waals surface area contributed by atoms with Crippen LogP contribution in [0.5, 0.6) is 0 Å². The topological polar surface area (TPSA) is 54.5 Å². The van der Waals surface area contributed by atoms with E-state index in [1.165, 1.54) is 11.1 Å². The normalized spacial score (nSPS) is 16.3. The first kappa shape index (κ1) is 15.3. The second kappa shape index (κ2) is 5.71. The van der Waals surface area contributed by atoms with Crippen molar-refractivity contribution in [3.8, 4) is 6.07 Å². The van der Waals surface area contributed by atoms with Crippen molar-refractivity contribution in [2.75, 3.05) is 0 Å². The van der Waals surface area contributed by atoms with Crippen LogP contribution in [0.1, 0.15) is 47.6 Å². The van der Waals surface area contributed by atoms with E-state index in [1.807, 2.05) is 13.0 Å². The molecule has 5 heteroatoms. The highest BCUT2D eigenvalue weighted by Crippen LogP contribution is 2.38. The molecule has 0 unspecified atom stereocenters. The van der Waals surface area contributed by atoms with Gasteiger partial charge < -0.3 is 4.57 Å². The summed E-state index contributed by atoms with van der Waals surface area (Å²) in [7, 11) is 0. The average Bonchev–Trinajstić information content (AvgIpc) is 3.14. The van der Waals surface area contributed by atoms with Gasteiger partial charge in [0.15, 0.2) is 5.65 Å². The lowest BCUT2D eigenvalue weighted by Gasteiger charge is -2.17. The summed E-state index contributed by atoms with van der Waals surface area (Å²) in [6.45, 7) is 4.12. The summed E-state index contributed by atoms with van der Waals surface area (Å²) in [6.07, 6.45) is 2.95. The fourth-order valence-electron chi connectivity index (χ4n) is 3.73. The van der Waals surface area contributed by atoms with E-state index >= 15 is 0 Å². The molecule has 1 atom stereocenters. The predicted molar refractivity (Wildman–Crippen MR) is 97.0 cm³/mol. The molecule has 0 spiro atoms. The molecule has 4 rings (SSSR count). The number of hydrogen-bond donors (Lipinski definition) is 0. The van der Waals surface area contributed by atoms with E-state index in [2.05, 4.69) is 56.7 Å². The van der Waals surface area contributed by atoms with Gasteiger partial charge in [-0.3, -0.25) is 0 Å². The maximum atomic E-state index is 9.28. The molecular weight excluding hydrogens is 364 g/mol. The second-order valence-electron chi connectivity index (χ2n) is 6.26. The summed E-state index contributed by atoms with van der Waals surface area (Å²) in [5.74, 6) is 1.04. The van der Waals surface area contributed by atoms with E-state index < -0.39 is 0 Å². The third-order valence-electron chi connectivity index (χ3n) is 4.81. The molecule has 0 N–H and O–H groups in total. The van der Waals surface area contributed by atoms with Gasteiger partial charge >= 0.3 is 0 Å². The van der Waals surface area contributed by atoms with Crippen LogP contribution in [0.2, 0.25) is 0 Å². The van der Waals surface area contributed by atoms with Crippen molar-refractivity contribution in [2.45, 2.75) is 39.2 Å². The first-order valence-corrected chi connectivity index (χ1v) is 8.98. The molecule has 0 amide bonds. The third-order valence-corrected chi connectivity index (χ3v) is 5.30. The molecule has 3 aromatic rings. The maximum Gasteiger partial charge on any atom is 0.162 e. The van der Waals surface area contributed by atoms with Crippen LogP contribution >= 0.6 is 15.9 Å². The highest BCUT2D eigenvalue weighted by molar-refractivity contribution is 9.10. The van der Waals surface area contributed by atoms with Gasteiger partial charge in [-0.25, -0.2) is 9.97 Å². The smallest absolute Gasteiger partial charge is 0.162 e. The van der Waals surface area contributed by atoms with Gasteiger partial charge in [0.1, 0.15) is 23.1 Å². The van der Waals surface area contributed by atoms with Gasteiger partial charge in [0, 0.05) is 10.9 Å². The molecule has 0 saturated heterocycles. The monoisotopic (exact) mass is 380 g/mol. The Kier molecular flexibility index (Phi) is 3.65. The fraction of sp³-hybridized carbons (Fsp3) is 0.316. The number of hydrogen-bond acceptors (Lipinski definition) is 3. The van der Waals surface area contributed by atoms with Crippen LogP contribution in [0.4, 0.5) is 0 Å². The number of aromatic nitrogens is 3. The lowest BCUT2D eigenvalue weighted by molar-refractivity contribution is 0.566. The third kappa shape index (κ3) is 2.25. The molecule has 1 aliphatic carbocycles. The molecule has 2 aromatic heterocycles. The number of fused-ring (bicyclic) bond motifs is 2. The van der Waals surface area contributed by atoms with Crippen molar-refractivity contribution in [3.05, 3.63) is 56.9 Å². The summed E-state index contributed by atoms with van der Waals surface area (Å²) in [5.41, 5.74) is 5.94. The van der Waals surface area contributed by atoms with E-state index in [4.69, 9.17) is 4.98 Å². The summed E-state index contributed by atoms with van der Waals surface area (Å²) in [5, 5.41) is 9.28. The van der Waals surface area contributed by atoms with E-state index in [1.54, 1.807) is 0 Å². The average molecular weight is 381 g/mol. The molecule has 0 saturated carbocycles. The standard InChI is InChI=1S/C19H17BrN4/c1-3-17-23-18-11(2)8-14(10-21)22-19(18)24(17)16-7-4-12-9-13(20)5-6-15(12)16/h5-6,8-9,16H,3-4,7H2,1-2H3/t16-/m0/s1. The molecule has 1 aromatic carbocycles. The molecule has 0 aliphatic heterocycles. The largest absolute Gasteiger partial charge is 0.305 e. The SMILES string of the molecule is CCc1nc2c(C)cc(C#N)nc2n1[C@H]1CCc2cc(Br)ccc21. The highest BCUT2D eigenvalue weighted by Gasteiger charge is 2.28. The maximum absolute atomic E-state index is 9.28. The van der Waals surface area contributed by atoms with Crippen LogP contribution in [-0.2, 0) is 12.8 Å². The van der Waals surface area contributed by atoms with E-state index in [0.29, 0.717) is 5.69 Å². The van der Waals surface area contributed by atoms with Crippen molar-refractivity contribution >= 4 is 27.1 Å². The van der Waals surface area contributed by atoms with Crippen LogP contribution in [0.3, 0.4) is 0 Å². The first-order chi connectivity index (χ1) is 11.6. The zero-order chi connectivity index (χ0) is 16.8. The molecule has 120 valence electrons. The fourth-order valence-corrected chi connectivity index (χ4v) is 4.13. The van der Waals surface area contributed by atoms with Crippen LogP contribution < -0.4 is 0 Å². The number of halogens is 1. The highest BCUT2D eigenvalue weighted by atomic mass is 79.9. The Bertz CT molecular complexity index is 997. The Morgan fingerprint density at radius 2 is 2.17 bits per heavy atom. The number of pyridine rings is 1. The molecule has 0 radical (unpaired) electrons. The molecule has 2 heterocycles. The Labute approximate surface area is 149 Å². The molecule has 1 aliphatic rings. The van der Waals surface area contributed by atoms with Crippen molar-refractivity contribution in [1.29, 1.82) is 5.26 Å². The van der Waals surface area contributed by atoms with Crippen LogP contribution in [0.15, 0.2) is 28.7 Å². The Morgan fingerprint density at radius 3 is 2.92 bits per heavy atom. The Morgan fingerprint density at radius 1 is 1.33 bits per heavy atom. The lowest BCUT2D eigenvalue weighted by Crippen LogP contribution is -2.11. The summed E-state index contributed by atoms with van der Waals surface area (Å²) in [6, 6.07) is 10.7. The Hall–Kier alpha value is -2.19. The van der Waals surface area contributed by atoms with E-state index in [0.717, 1.165) is 46.3 Å². The van der Waals surface area contributed by atoms with E-state index in [9.17, 15) is 5.26 Å². The van der Waals surface area contributed by atoms with Crippen LogP contribution in [0, 0.1) is 18.3 Å². The lowest BCUT2D eigenvalue weighted by atomic mass is 10.1. The van der Waals surface area contributed by atoms with Crippen molar-refractivity contribution in [1.82, 2.24) is 14.5 Å². The molecule has 24 heavy (non-hydrogen) atoms. The number of benzene rings is 1. The van der Waals surface area contributed by atoms with Crippen molar-refractivity contribution in [2.24, 2.45) is 0 Å². The zero-order valence-electron chi connectivity index (χ0n) is 13.7. The Balaban J connectivity index is 1.98. The number of nitriles is 1. The van der Waals surface area contributed by atoms with Gasteiger partial charge in [0.05, 0.1) is 6.04 Å². The quantitative estimate of drug-likeness (QED) is 0.658. The van der Waals surface area contributed by atoms with Gasteiger partial charge in [0.2, 0.25) is 0 Å². The molecule has 0 fully saturated rings. The van der Waals surface area contributed by atoms with Gasteiger partial charge in [-0.15, -0.1) is 0 Å². The number of nitrogens with zero attached hydrogens (tertiary/aromatic N) is 4. The predicted octanol–water partition coefficient (Wildman–Crippen LogP) is 4.47. The minimum absolute atomic E-state index is 0.244. The molecule has 0 bridgehead atoms. The van der Waals surface area contributed by atoms with E-state index in [-0.39, 0.29) is 6.04 Å². The van der Waals surface area contributed by atoms with Crippen LogP contribution in [0.25, 0.3) is 11.2 Å². The second-order valence-corrected chi connectivity index (χ2v) is 7.17. The van der Waals surface area contributed by atoms with Crippen LogP contribution in [-0.4, -0.2) is 14.5 Å². The summed E-state index contributed by atoms with van der Waals surface area (Å²) >= 11 is 3.56. The van der Waals surface area contributed by atoms with Gasteiger partial charge in [-0.05, 0) is 54.7 Å². The van der Waals surface area contributed by atoms with Crippen molar-refractivity contribution in [3.63, 3.8) is 0 Å². The molecule has 4 nitrogen and oxygen atoms in total. The number of imidazole rings is 1. The van der Waals surface area contributed by atoms with Gasteiger partial charge in [0.25, 0.3) is 0 Å². The first-order valence-electron chi connectivity index (χ1n) is 8.19. The van der Waals surface area contributed by atoms with Crippen molar-refractivity contribution < 1.29 is 0 Å². The minimum atomic E-state index is 0.244. The summed E-state index contributed by atoms with van der Waals surface area (Å²) in [4.78, 5) is 9.41. The summed E-state index contributed by atoms with van der Waals surface area (Å²) < 4.78 is 3.37. The zero-order valence-corrected chi connectivity index (χ0v) is 15.3. The number of rotatable bonds is 2. The van der Waals surface area contributed by atoms with Gasteiger partial charge in [-0.1, -0.05) is 28.9 Å². The number of aryl methyl sites for hydroxylation is 3. The van der Waals surface area contributed by atoms with Gasteiger partial charge in [-0.2, -0.15) is 5.26 Å². The molecular formula is C19H17BrN4. The minimum Gasteiger partial charge on any atom is -0.305 e.